The smallest absolute Gasteiger partial charge is 0.0260 e. The molecule has 0 radical (unpaired) electrons. The maximum Gasteiger partial charge on any atom is 0.0260 e. The van der Waals surface area contributed by atoms with Crippen LogP contribution in [0.5, 0.6) is 0 Å². The molecule has 0 aliphatic carbocycles. The number of benzene rings is 1. The minimum Gasteiger partial charge on any atom is -0.312 e. The van der Waals surface area contributed by atoms with Crippen molar-refractivity contribution >= 4 is 11.8 Å². The molecule has 1 aromatic rings. The zero-order valence-electron chi connectivity index (χ0n) is 13.2. The van der Waals surface area contributed by atoms with Gasteiger partial charge in [0.1, 0.15) is 0 Å². The summed E-state index contributed by atoms with van der Waals surface area (Å²) in [6.45, 7) is 6.86. The monoisotopic (exact) mass is 292 g/mol. The van der Waals surface area contributed by atoms with Crippen LogP contribution in [0.25, 0.3) is 0 Å². The average molecular weight is 292 g/mol. The summed E-state index contributed by atoms with van der Waals surface area (Å²) >= 11 is 2.04. The van der Waals surface area contributed by atoms with Gasteiger partial charge in [-0.2, -0.15) is 0 Å². The van der Waals surface area contributed by atoms with E-state index in [-0.39, 0.29) is 0 Å². The van der Waals surface area contributed by atoms with E-state index in [2.05, 4.69) is 62.4 Å². The topological polar surface area (TPSA) is 15.3 Å². The van der Waals surface area contributed by atoms with E-state index >= 15 is 0 Å². The number of likely N-dealkylation sites (N-methyl/N-ethyl adjacent to an activating group) is 1. The van der Waals surface area contributed by atoms with Crippen molar-refractivity contribution in [1.29, 1.82) is 0 Å². The van der Waals surface area contributed by atoms with Crippen LogP contribution in [0.4, 0.5) is 0 Å². The predicted molar refractivity (Wildman–Crippen MR) is 89.6 cm³/mol. The first-order chi connectivity index (χ1) is 9.54. The highest BCUT2D eigenvalue weighted by Gasteiger charge is 2.22. The summed E-state index contributed by atoms with van der Waals surface area (Å²) in [6.07, 6.45) is 2.46. The lowest BCUT2D eigenvalue weighted by Gasteiger charge is -2.25. The number of hydrogen-bond acceptors (Lipinski definition) is 3. The fourth-order valence-electron chi connectivity index (χ4n) is 2.90. The van der Waals surface area contributed by atoms with E-state index in [1.54, 1.807) is 0 Å². The molecule has 20 heavy (non-hydrogen) atoms. The third kappa shape index (κ3) is 4.80. The predicted octanol–water partition coefficient (Wildman–Crippen LogP) is 3.27. The first-order valence-electron chi connectivity index (χ1n) is 7.67. The van der Waals surface area contributed by atoms with Gasteiger partial charge in [-0.1, -0.05) is 32.0 Å². The van der Waals surface area contributed by atoms with Gasteiger partial charge in [-0.25, -0.2) is 0 Å². The Morgan fingerprint density at radius 2 is 2.05 bits per heavy atom. The summed E-state index contributed by atoms with van der Waals surface area (Å²) in [6, 6.07) is 9.44. The summed E-state index contributed by atoms with van der Waals surface area (Å²) in [7, 11) is 4.32. The molecule has 0 aromatic heterocycles. The van der Waals surface area contributed by atoms with Gasteiger partial charge >= 0.3 is 0 Å². The van der Waals surface area contributed by atoms with E-state index in [9.17, 15) is 0 Å². The molecule has 2 atom stereocenters. The quantitative estimate of drug-likeness (QED) is 0.830. The van der Waals surface area contributed by atoms with Gasteiger partial charge in [0.25, 0.3) is 0 Å². The molecule has 0 saturated carbocycles. The highest BCUT2D eigenvalue weighted by Crippen LogP contribution is 2.36. The Balaban J connectivity index is 1.81. The number of fused-ring (bicyclic) bond motifs is 1. The first-order valence-corrected chi connectivity index (χ1v) is 8.55. The van der Waals surface area contributed by atoms with E-state index in [0.717, 1.165) is 19.0 Å². The summed E-state index contributed by atoms with van der Waals surface area (Å²) in [5.41, 5.74) is 1.53. The zero-order valence-corrected chi connectivity index (χ0v) is 14.0. The molecule has 0 amide bonds. The number of hydrogen-bond donors (Lipinski definition) is 1. The van der Waals surface area contributed by atoms with Crippen LogP contribution >= 0.6 is 11.8 Å². The van der Waals surface area contributed by atoms with Crippen molar-refractivity contribution in [3.63, 3.8) is 0 Å². The van der Waals surface area contributed by atoms with Gasteiger partial charge in [0.05, 0.1) is 0 Å². The van der Waals surface area contributed by atoms with E-state index in [4.69, 9.17) is 0 Å². The largest absolute Gasteiger partial charge is 0.312 e. The Hall–Kier alpha value is -0.510. The van der Waals surface area contributed by atoms with Crippen molar-refractivity contribution in [3.8, 4) is 0 Å². The molecule has 2 nitrogen and oxygen atoms in total. The Kier molecular flexibility index (Phi) is 5.94. The fourth-order valence-corrected chi connectivity index (χ4v) is 4.16. The number of thioether (sulfide) groups is 1. The second-order valence-electron chi connectivity index (χ2n) is 6.55. The van der Waals surface area contributed by atoms with Crippen molar-refractivity contribution in [2.24, 2.45) is 5.92 Å². The van der Waals surface area contributed by atoms with Crippen LogP contribution in [0.3, 0.4) is 0 Å². The normalized spacial score (nSPS) is 19.6. The Labute approximate surface area is 128 Å². The van der Waals surface area contributed by atoms with Crippen molar-refractivity contribution in [3.05, 3.63) is 29.8 Å². The molecule has 0 spiro atoms. The summed E-state index contributed by atoms with van der Waals surface area (Å²) < 4.78 is 0. The van der Waals surface area contributed by atoms with E-state index in [1.165, 1.54) is 23.3 Å². The van der Waals surface area contributed by atoms with Gasteiger partial charge in [-0.3, -0.25) is 0 Å². The van der Waals surface area contributed by atoms with E-state index in [0.29, 0.717) is 11.3 Å². The Bertz CT molecular complexity index is 382. The first kappa shape index (κ1) is 15.9. The van der Waals surface area contributed by atoms with Crippen molar-refractivity contribution < 1.29 is 0 Å². The minimum atomic E-state index is 0.606. The molecule has 1 N–H and O–H groups in total. The lowest BCUT2D eigenvalue weighted by Crippen LogP contribution is -2.42. The van der Waals surface area contributed by atoms with Gasteiger partial charge in [0.15, 0.2) is 0 Å². The Morgan fingerprint density at radius 3 is 2.70 bits per heavy atom. The Morgan fingerprint density at radius 1 is 1.30 bits per heavy atom. The summed E-state index contributed by atoms with van der Waals surface area (Å²) in [5.74, 6) is 0.751. The molecule has 2 rings (SSSR count). The van der Waals surface area contributed by atoms with Crippen molar-refractivity contribution in [1.82, 2.24) is 10.2 Å². The van der Waals surface area contributed by atoms with E-state index < -0.39 is 0 Å². The molecule has 1 aliphatic heterocycles. The zero-order chi connectivity index (χ0) is 14.5. The van der Waals surface area contributed by atoms with Crippen LogP contribution in [-0.4, -0.2) is 43.4 Å². The van der Waals surface area contributed by atoms with Crippen LogP contribution in [0.1, 0.15) is 25.8 Å². The SMILES string of the molecule is CC(C)CC(CN(C)C)NCC1Cc2ccccc2S1. The van der Waals surface area contributed by atoms with E-state index in [1.807, 2.05) is 11.8 Å². The van der Waals surface area contributed by atoms with Crippen LogP contribution < -0.4 is 5.32 Å². The van der Waals surface area contributed by atoms with Gasteiger partial charge in [-0.15, -0.1) is 11.8 Å². The molecule has 0 bridgehead atoms. The van der Waals surface area contributed by atoms with Crippen LogP contribution in [0, 0.1) is 5.92 Å². The van der Waals surface area contributed by atoms with Crippen LogP contribution in [0.2, 0.25) is 0 Å². The molecule has 3 heteroatoms. The van der Waals surface area contributed by atoms with Crippen LogP contribution in [0.15, 0.2) is 29.2 Å². The molecule has 1 aliphatic rings. The number of nitrogens with zero attached hydrogens (tertiary/aromatic N) is 1. The fraction of sp³-hybridized carbons (Fsp3) is 0.647. The summed E-state index contributed by atoms with van der Waals surface area (Å²) in [5, 5.41) is 4.50. The molecule has 0 fully saturated rings. The van der Waals surface area contributed by atoms with Gasteiger partial charge in [0, 0.05) is 29.3 Å². The van der Waals surface area contributed by atoms with Crippen molar-refractivity contribution in [2.45, 2.75) is 42.9 Å². The van der Waals surface area contributed by atoms with Crippen molar-refractivity contribution in [2.75, 3.05) is 27.2 Å². The lowest BCUT2D eigenvalue weighted by atomic mass is 10.0. The minimum absolute atomic E-state index is 0.606. The average Bonchev–Trinajstić information content (AvgIpc) is 2.77. The third-order valence-electron chi connectivity index (χ3n) is 3.69. The molecule has 112 valence electrons. The summed E-state index contributed by atoms with van der Waals surface area (Å²) in [4.78, 5) is 3.77. The van der Waals surface area contributed by atoms with Gasteiger partial charge in [-0.05, 0) is 44.5 Å². The third-order valence-corrected chi connectivity index (χ3v) is 5.01. The molecular formula is C17H28N2S. The molecule has 0 saturated heterocycles. The van der Waals surface area contributed by atoms with Gasteiger partial charge < -0.3 is 10.2 Å². The van der Waals surface area contributed by atoms with Crippen LogP contribution in [-0.2, 0) is 6.42 Å². The highest BCUT2D eigenvalue weighted by atomic mass is 32.2. The number of nitrogens with one attached hydrogen (secondary N) is 1. The second kappa shape index (κ2) is 7.48. The molecule has 2 unspecified atom stereocenters. The highest BCUT2D eigenvalue weighted by molar-refractivity contribution is 8.00. The van der Waals surface area contributed by atoms with Gasteiger partial charge in [0.2, 0.25) is 0 Å². The second-order valence-corrected chi connectivity index (χ2v) is 7.89. The number of rotatable bonds is 7. The maximum atomic E-state index is 3.80. The standard InChI is InChI=1S/C17H28N2S/c1-13(2)9-15(12-19(3)4)18-11-16-10-14-7-5-6-8-17(14)20-16/h5-8,13,15-16,18H,9-12H2,1-4H3. The maximum absolute atomic E-state index is 3.80. The molecule has 1 heterocycles. The lowest BCUT2D eigenvalue weighted by molar-refractivity contribution is 0.306. The molecular weight excluding hydrogens is 264 g/mol. The molecule has 1 aromatic carbocycles.